The molecule has 96 valence electrons. The molecule has 1 aromatic carbocycles. The van der Waals surface area contributed by atoms with Crippen LogP contribution in [-0.2, 0) is 16.0 Å². The Labute approximate surface area is 106 Å². The Hall–Kier alpha value is -1.84. The van der Waals surface area contributed by atoms with Crippen molar-refractivity contribution < 1.29 is 14.7 Å². The van der Waals surface area contributed by atoms with Gasteiger partial charge in [-0.25, -0.2) is 0 Å². The Kier molecular flexibility index (Phi) is 3.65. The van der Waals surface area contributed by atoms with E-state index in [0.29, 0.717) is 5.92 Å². The van der Waals surface area contributed by atoms with Crippen LogP contribution in [0.1, 0.15) is 25.3 Å². The zero-order valence-electron chi connectivity index (χ0n) is 10.3. The molecule has 4 heteroatoms. The van der Waals surface area contributed by atoms with Gasteiger partial charge >= 0.3 is 5.97 Å². The Morgan fingerprint density at radius 1 is 1.33 bits per heavy atom. The molecule has 0 spiro atoms. The molecule has 0 saturated heterocycles. The first kappa shape index (κ1) is 12.6. The van der Waals surface area contributed by atoms with E-state index in [-0.39, 0.29) is 18.2 Å². The second-order valence-corrected chi connectivity index (χ2v) is 4.88. The summed E-state index contributed by atoms with van der Waals surface area (Å²) in [6.07, 6.45) is 2.30. The Bertz CT molecular complexity index is 449. The van der Waals surface area contributed by atoms with Crippen molar-refractivity contribution in [3.63, 3.8) is 0 Å². The minimum Gasteiger partial charge on any atom is -0.481 e. The molecule has 1 aromatic rings. The van der Waals surface area contributed by atoms with Gasteiger partial charge in [0, 0.05) is 11.6 Å². The van der Waals surface area contributed by atoms with E-state index in [0.717, 1.165) is 24.1 Å². The predicted molar refractivity (Wildman–Crippen MR) is 68.3 cm³/mol. The maximum absolute atomic E-state index is 11.9. The van der Waals surface area contributed by atoms with Crippen LogP contribution < -0.4 is 5.32 Å². The molecular weight excluding hydrogens is 230 g/mol. The second-order valence-electron chi connectivity index (χ2n) is 4.88. The molecule has 0 bridgehead atoms. The minimum atomic E-state index is -0.853. The van der Waals surface area contributed by atoms with E-state index in [2.05, 4.69) is 5.32 Å². The Morgan fingerprint density at radius 3 is 2.44 bits per heavy atom. The smallest absolute Gasteiger partial charge is 0.307 e. The van der Waals surface area contributed by atoms with Gasteiger partial charge in [-0.15, -0.1) is 0 Å². The van der Waals surface area contributed by atoms with Gasteiger partial charge in [0.05, 0.1) is 6.42 Å². The van der Waals surface area contributed by atoms with Crippen molar-refractivity contribution in [3.8, 4) is 0 Å². The van der Waals surface area contributed by atoms with Crippen LogP contribution in [-0.4, -0.2) is 17.0 Å². The van der Waals surface area contributed by atoms with Crippen molar-refractivity contribution >= 4 is 17.6 Å². The van der Waals surface area contributed by atoms with Crippen LogP contribution >= 0.6 is 0 Å². The molecule has 1 unspecified atom stereocenters. The van der Waals surface area contributed by atoms with Gasteiger partial charge in [0.15, 0.2) is 0 Å². The summed E-state index contributed by atoms with van der Waals surface area (Å²) >= 11 is 0. The largest absolute Gasteiger partial charge is 0.481 e. The zero-order chi connectivity index (χ0) is 13.1. The first-order valence-corrected chi connectivity index (χ1v) is 6.18. The lowest BCUT2D eigenvalue weighted by molar-refractivity contribution is -0.136. The van der Waals surface area contributed by atoms with Crippen LogP contribution in [0.2, 0.25) is 0 Å². The third-order valence-corrected chi connectivity index (χ3v) is 3.32. The molecule has 1 saturated carbocycles. The number of carbonyl (C=O) groups is 2. The molecule has 1 fully saturated rings. The molecule has 0 heterocycles. The number of amides is 1. The van der Waals surface area contributed by atoms with Crippen molar-refractivity contribution in [1.29, 1.82) is 0 Å². The second kappa shape index (κ2) is 5.21. The molecule has 2 N–H and O–H groups in total. The number of rotatable bonds is 5. The summed E-state index contributed by atoms with van der Waals surface area (Å²) in [6, 6.07) is 6.95. The summed E-state index contributed by atoms with van der Waals surface area (Å²) in [4.78, 5) is 22.4. The standard InChI is InChI=1S/C14H17NO3/c1-9(11-4-5-11)14(18)15-12-6-2-10(3-7-12)8-13(16)17/h2-3,6-7,9,11H,4-5,8H2,1H3,(H,15,18)(H,16,17). The number of hydrogen-bond acceptors (Lipinski definition) is 2. The van der Waals surface area contributed by atoms with Crippen LogP contribution in [0.15, 0.2) is 24.3 Å². The molecule has 4 nitrogen and oxygen atoms in total. The van der Waals surface area contributed by atoms with Gasteiger partial charge < -0.3 is 10.4 Å². The van der Waals surface area contributed by atoms with Gasteiger partial charge in [-0.1, -0.05) is 19.1 Å². The molecule has 18 heavy (non-hydrogen) atoms. The molecule has 1 atom stereocenters. The first-order chi connectivity index (χ1) is 8.56. The number of carbonyl (C=O) groups excluding carboxylic acids is 1. The van der Waals surface area contributed by atoms with Gasteiger partial charge in [0.25, 0.3) is 0 Å². The number of carboxylic acid groups (broad SMARTS) is 1. The maximum atomic E-state index is 11.9. The fourth-order valence-corrected chi connectivity index (χ4v) is 1.95. The fourth-order valence-electron chi connectivity index (χ4n) is 1.95. The Balaban J connectivity index is 1.93. The molecule has 0 aromatic heterocycles. The Morgan fingerprint density at radius 2 is 1.94 bits per heavy atom. The topological polar surface area (TPSA) is 66.4 Å². The van der Waals surface area contributed by atoms with Crippen molar-refractivity contribution in [1.82, 2.24) is 0 Å². The number of nitrogens with one attached hydrogen (secondary N) is 1. The number of anilines is 1. The minimum absolute atomic E-state index is 0.00665. The average Bonchev–Trinajstić information content (AvgIpc) is 3.14. The van der Waals surface area contributed by atoms with E-state index in [1.54, 1.807) is 24.3 Å². The molecule has 0 aliphatic heterocycles. The van der Waals surface area contributed by atoms with Gasteiger partial charge in [-0.3, -0.25) is 9.59 Å². The van der Waals surface area contributed by atoms with E-state index in [9.17, 15) is 9.59 Å². The van der Waals surface area contributed by atoms with Gasteiger partial charge in [-0.05, 0) is 36.5 Å². The summed E-state index contributed by atoms with van der Waals surface area (Å²) in [5.74, 6) is -0.211. The molecule has 1 amide bonds. The first-order valence-electron chi connectivity index (χ1n) is 6.18. The quantitative estimate of drug-likeness (QED) is 0.839. The summed E-state index contributed by atoms with van der Waals surface area (Å²) in [5.41, 5.74) is 1.46. The lowest BCUT2D eigenvalue weighted by Gasteiger charge is -2.11. The molecule has 2 rings (SSSR count). The third-order valence-electron chi connectivity index (χ3n) is 3.32. The van der Waals surface area contributed by atoms with Crippen molar-refractivity contribution in [3.05, 3.63) is 29.8 Å². The van der Waals surface area contributed by atoms with Crippen LogP contribution in [0.4, 0.5) is 5.69 Å². The van der Waals surface area contributed by atoms with Gasteiger partial charge in [0.2, 0.25) is 5.91 Å². The van der Waals surface area contributed by atoms with Crippen molar-refractivity contribution in [2.75, 3.05) is 5.32 Å². The molecule has 1 aliphatic rings. The summed E-state index contributed by atoms with van der Waals surface area (Å²) < 4.78 is 0. The van der Waals surface area contributed by atoms with Crippen molar-refractivity contribution in [2.24, 2.45) is 11.8 Å². The van der Waals surface area contributed by atoms with E-state index >= 15 is 0 Å². The maximum Gasteiger partial charge on any atom is 0.307 e. The lowest BCUT2D eigenvalue weighted by Crippen LogP contribution is -2.21. The normalized spacial score (nSPS) is 16.1. The molecular formula is C14H17NO3. The van der Waals surface area contributed by atoms with E-state index in [1.165, 1.54) is 0 Å². The molecule has 0 radical (unpaired) electrons. The van der Waals surface area contributed by atoms with Crippen LogP contribution in [0.3, 0.4) is 0 Å². The highest BCUT2D eigenvalue weighted by atomic mass is 16.4. The predicted octanol–water partition coefficient (Wildman–Crippen LogP) is 2.30. The average molecular weight is 247 g/mol. The lowest BCUT2D eigenvalue weighted by atomic mass is 10.1. The van der Waals surface area contributed by atoms with Crippen molar-refractivity contribution in [2.45, 2.75) is 26.2 Å². The van der Waals surface area contributed by atoms with Crippen LogP contribution in [0.5, 0.6) is 0 Å². The highest BCUT2D eigenvalue weighted by molar-refractivity contribution is 5.92. The monoisotopic (exact) mass is 247 g/mol. The SMILES string of the molecule is CC(C(=O)Nc1ccc(CC(=O)O)cc1)C1CC1. The summed E-state index contributed by atoms with van der Waals surface area (Å²) in [7, 11) is 0. The highest BCUT2D eigenvalue weighted by Gasteiger charge is 2.32. The van der Waals surface area contributed by atoms with E-state index < -0.39 is 5.97 Å². The third kappa shape index (κ3) is 3.32. The summed E-state index contributed by atoms with van der Waals surface area (Å²) in [5, 5.41) is 11.5. The van der Waals surface area contributed by atoms with Crippen LogP contribution in [0.25, 0.3) is 0 Å². The van der Waals surface area contributed by atoms with E-state index in [1.807, 2.05) is 6.92 Å². The number of aliphatic carboxylic acids is 1. The van der Waals surface area contributed by atoms with Gasteiger partial charge in [0.1, 0.15) is 0 Å². The van der Waals surface area contributed by atoms with E-state index in [4.69, 9.17) is 5.11 Å². The highest BCUT2D eigenvalue weighted by Crippen LogP contribution is 2.37. The number of hydrogen-bond donors (Lipinski definition) is 2. The number of carboxylic acids is 1. The zero-order valence-corrected chi connectivity index (χ0v) is 10.3. The van der Waals surface area contributed by atoms with Gasteiger partial charge in [-0.2, -0.15) is 0 Å². The summed E-state index contributed by atoms with van der Waals surface area (Å²) in [6.45, 7) is 1.95. The van der Waals surface area contributed by atoms with Crippen LogP contribution in [0, 0.1) is 11.8 Å². The molecule has 1 aliphatic carbocycles. The fraction of sp³-hybridized carbons (Fsp3) is 0.429. The number of benzene rings is 1.